The van der Waals surface area contributed by atoms with E-state index in [1.165, 1.54) is 32.4 Å². The molecule has 1 aliphatic carbocycles. The standard InChI is InChI=1S/C13H25N3O/c14-11-13(5-6-13)12(17)15-7-4-10-16-8-2-1-3-9-16/h1-11,14H2,(H,15,17). The average Bonchev–Trinajstić information content (AvgIpc) is 3.17. The molecule has 98 valence electrons. The van der Waals surface area contributed by atoms with Gasteiger partial charge < -0.3 is 16.0 Å². The summed E-state index contributed by atoms with van der Waals surface area (Å²) in [5.41, 5.74) is 5.43. The van der Waals surface area contributed by atoms with Crippen molar-refractivity contribution in [1.29, 1.82) is 0 Å². The Labute approximate surface area is 104 Å². The van der Waals surface area contributed by atoms with Crippen molar-refractivity contribution in [3.8, 4) is 0 Å². The second-order valence-corrected chi connectivity index (χ2v) is 5.50. The predicted octanol–water partition coefficient (Wildman–Crippen LogP) is 0.717. The van der Waals surface area contributed by atoms with Crippen LogP contribution in [-0.4, -0.2) is 43.5 Å². The largest absolute Gasteiger partial charge is 0.356 e. The number of nitrogens with one attached hydrogen (secondary N) is 1. The molecule has 2 aliphatic rings. The number of carbonyl (C=O) groups excluding carboxylic acids is 1. The summed E-state index contributed by atoms with van der Waals surface area (Å²) in [4.78, 5) is 14.3. The molecule has 2 fully saturated rings. The van der Waals surface area contributed by atoms with E-state index in [-0.39, 0.29) is 11.3 Å². The molecule has 17 heavy (non-hydrogen) atoms. The molecule has 0 spiro atoms. The van der Waals surface area contributed by atoms with Gasteiger partial charge in [0, 0.05) is 13.1 Å². The summed E-state index contributed by atoms with van der Waals surface area (Å²) in [6, 6.07) is 0. The number of hydrogen-bond donors (Lipinski definition) is 2. The van der Waals surface area contributed by atoms with Crippen LogP contribution in [0.4, 0.5) is 0 Å². The highest BCUT2D eigenvalue weighted by atomic mass is 16.2. The first-order chi connectivity index (χ1) is 8.27. The number of carbonyl (C=O) groups is 1. The summed E-state index contributed by atoms with van der Waals surface area (Å²) in [7, 11) is 0. The van der Waals surface area contributed by atoms with Crippen LogP contribution in [0.2, 0.25) is 0 Å². The maximum Gasteiger partial charge on any atom is 0.227 e. The van der Waals surface area contributed by atoms with E-state index in [4.69, 9.17) is 5.73 Å². The van der Waals surface area contributed by atoms with Crippen molar-refractivity contribution in [2.45, 2.75) is 38.5 Å². The van der Waals surface area contributed by atoms with Gasteiger partial charge in [0.1, 0.15) is 0 Å². The van der Waals surface area contributed by atoms with E-state index in [9.17, 15) is 4.79 Å². The lowest BCUT2D eigenvalue weighted by atomic mass is 10.1. The Morgan fingerprint density at radius 3 is 2.53 bits per heavy atom. The second kappa shape index (κ2) is 5.83. The van der Waals surface area contributed by atoms with Gasteiger partial charge in [-0.1, -0.05) is 6.42 Å². The maximum atomic E-state index is 11.8. The van der Waals surface area contributed by atoms with Crippen LogP contribution in [0.15, 0.2) is 0 Å². The number of likely N-dealkylation sites (tertiary alicyclic amines) is 1. The number of nitrogens with two attached hydrogens (primary N) is 1. The van der Waals surface area contributed by atoms with Gasteiger partial charge in [0.15, 0.2) is 0 Å². The van der Waals surface area contributed by atoms with E-state index in [2.05, 4.69) is 10.2 Å². The Kier molecular flexibility index (Phi) is 4.40. The molecule has 3 N–H and O–H groups in total. The lowest BCUT2D eigenvalue weighted by Gasteiger charge is -2.26. The third-order valence-electron chi connectivity index (χ3n) is 4.11. The SMILES string of the molecule is NCC1(C(=O)NCCCN2CCCCC2)CC1. The third kappa shape index (κ3) is 3.42. The summed E-state index contributed by atoms with van der Waals surface area (Å²) in [6.07, 6.45) is 7.06. The van der Waals surface area contributed by atoms with Crippen LogP contribution >= 0.6 is 0 Å². The van der Waals surface area contributed by atoms with E-state index in [0.717, 1.165) is 32.4 Å². The minimum Gasteiger partial charge on any atom is -0.356 e. The maximum absolute atomic E-state index is 11.8. The lowest BCUT2D eigenvalue weighted by Crippen LogP contribution is -2.38. The molecular formula is C13H25N3O. The molecule has 1 aliphatic heterocycles. The molecule has 0 radical (unpaired) electrons. The van der Waals surface area contributed by atoms with E-state index < -0.39 is 0 Å². The van der Waals surface area contributed by atoms with Gasteiger partial charge in [-0.2, -0.15) is 0 Å². The third-order valence-corrected chi connectivity index (χ3v) is 4.11. The number of rotatable bonds is 6. The van der Waals surface area contributed by atoms with Gasteiger partial charge in [-0.15, -0.1) is 0 Å². The molecule has 0 bridgehead atoms. The zero-order valence-corrected chi connectivity index (χ0v) is 10.7. The highest BCUT2D eigenvalue weighted by molar-refractivity contribution is 5.85. The molecule has 0 aromatic heterocycles. The van der Waals surface area contributed by atoms with Crippen LogP contribution in [0, 0.1) is 5.41 Å². The molecule has 1 saturated heterocycles. The molecule has 0 unspecified atom stereocenters. The summed E-state index contributed by atoms with van der Waals surface area (Å²) >= 11 is 0. The van der Waals surface area contributed by atoms with E-state index >= 15 is 0 Å². The number of hydrogen-bond acceptors (Lipinski definition) is 3. The fraction of sp³-hybridized carbons (Fsp3) is 0.923. The molecule has 4 heteroatoms. The fourth-order valence-corrected chi connectivity index (χ4v) is 2.55. The Hall–Kier alpha value is -0.610. The van der Waals surface area contributed by atoms with Crippen molar-refractivity contribution in [2.75, 3.05) is 32.7 Å². The van der Waals surface area contributed by atoms with Crippen molar-refractivity contribution >= 4 is 5.91 Å². The van der Waals surface area contributed by atoms with Crippen LogP contribution in [0.5, 0.6) is 0 Å². The van der Waals surface area contributed by atoms with E-state index in [0.29, 0.717) is 6.54 Å². The van der Waals surface area contributed by atoms with Crippen molar-refractivity contribution in [3.05, 3.63) is 0 Å². The first-order valence-electron chi connectivity index (χ1n) is 6.98. The van der Waals surface area contributed by atoms with Crippen LogP contribution in [0.1, 0.15) is 38.5 Å². The molecular weight excluding hydrogens is 214 g/mol. The quantitative estimate of drug-likeness (QED) is 0.671. The monoisotopic (exact) mass is 239 g/mol. The molecule has 1 heterocycles. The number of nitrogens with zero attached hydrogens (tertiary/aromatic N) is 1. The van der Waals surface area contributed by atoms with Crippen LogP contribution in [-0.2, 0) is 4.79 Å². The summed E-state index contributed by atoms with van der Waals surface area (Å²) in [5.74, 6) is 0.179. The van der Waals surface area contributed by atoms with Crippen LogP contribution in [0.3, 0.4) is 0 Å². The Bertz CT molecular complexity index is 257. The van der Waals surface area contributed by atoms with Crippen molar-refractivity contribution in [1.82, 2.24) is 10.2 Å². The minimum atomic E-state index is -0.189. The molecule has 1 amide bonds. The van der Waals surface area contributed by atoms with Gasteiger partial charge in [0.05, 0.1) is 5.41 Å². The minimum absolute atomic E-state index is 0.179. The molecule has 0 aromatic carbocycles. The fourth-order valence-electron chi connectivity index (χ4n) is 2.55. The summed E-state index contributed by atoms with van der Waals surface area (Å²) in [5, 5.41) is 3.03. The van der Waals surface area contributed by atoms with Gasteiger partial charge in [-0.3, -0.25) is 4.79 Å². The zero-order valence-electron chi connectivity index (χ0n) is 10.7. The van der Waals surface area contributed by atoms with Gasteiger partial charge >= 0.3 is 0 Å². The molecule has 0 atom stereocenters. The second-order valence-electron chi connectivity index (χ2n) is 5.50. The predicted molar refractivity (Wildman–Crippen MR) is 68.6 cm³/mol. The first kappa shape index (κ1) is 12.8. The Morgan fingerprint density at radius 2 is 1.94 bits per heavy atom. The first-order valence-corrected chi connectivity index (χ1v) is 6.98. The van der Waals surface area contributed by atoms with Crippen molar-refractivity contribution in [2.24, 2.45) is 11.1 Å². The summed E-state index contributed by atoms with van der Waals surface area (Å²) in [6.45, 7) is 4.90. The average molecular weight is 239 g/mol. The Balaban J connectivity index is 1.55. The van der Waals surface area contributed by atoms with Crippen molar-refractivity contribution in [3.63, 3.8) is 0 Å². The van der Waals surface area contributed by atoms with E-state index in [1.807, 2.05) is 0 Å². The molecule has 0 aromatic rings. The van der Waals surface area contributed by atoms with Gasteiger partial charge in [0.25, 0.3) is 0 Å². The molecule has 4 nitrogen and oxygen atoms in total. The van der Waals surface area contributed by atoms with Gasteiger partial charge in [-0.25, -0.2) is 0 Å². The van der Waals surface area contributed by atoms with Gasteiger partial charge in [-0.05, 0) is 51.7 Å². The molecule has 1 saturated carbocycles. The lowest BCUT2D eigenvalue weighted by molar-refractivity contribution is -0.125. The topological polar surface area (TPSA) is 58.4 Å². The van der Waals surface area contributed by atoms with Gasteiger partial charge in [0.2, 0.25) is 5.91 Å². The smallest absolute Gasteiger partial charge is 0.227 e. The number of amides is 1. The summed E-state index contributed by atoms with van der Waals surface area (Å²) < 4.78 is 0. The van der Waals surface area contributed by atoms with Crippen molar-refractivity contribution < 1.29 is 4.79 Å². The Morgan fingerprint density at radius 1 is 1.24 bits per heavy atom. The number of piperidine rings is 1. The normalized spacial score (nSPS) is 23.4. The van der Waals surface area contributed by atoms with E-state index in [1.54, 1.807) is 0 Å². The zero-order chi connectivity index (χ0) is 12.1. The highest BCUT2D eigenvalue weighted by Crippen LogP contribution is 2.44. The molecule has 2 rings (SSSR count). The highest BCUT2D eigenvalue weighted by Gasteiger charge is 2.48. The van der Waals surface area contributed by atoms with Crippen LogP contribution in [0.25, 0.3) is 0 Å². The van der Waals surface area contributed by atoms with Crippen LogP contribution < -0.4 is 11.1 Å².